The number of esters is 1. The first-order valence-electron chi connectivity index (χ1n) is 7.89. The van der Waals surface area contributed by atoms with Crippen LogP contribution in [0.15, 0.2) is 24.4 Å². The quantitative estimate of drug-likeness (QED) is 0.616. The van der Waals surface area contributed by atoms with Crippen LogP contribution in [-0.4, -0.2) is 35.9 Å². The molecule has 0 amide bonds. The average molecular weight is 317 g/mol. The minimum Gasteiger partial charge on any atom is -0.466 e. The van der Waals surface area contributed by atoms with Crippen LogP contribution in [-0.2, 0) is 18.8 Å². The van der Waals surface area contributed by atoms with Gasteiger partial charge in [0.2, 0.25) is 0 Å². The van der Waals surface area contributed by atoms with Crippen LogP contribution in [0, 0.1) is 0 Å². The molecule has 0 atom stereocenters. The predicted octanol–water partition coefficient (Wildman–Crippen LogP) is 2.35. The van der Waals surface area contributed by atoms with Crippen molar-refractivity contribution in [3.05, 3.63) is 30.1 Å². The van der Waals surface area contributed by atoms with Crippen molar-refractivity contribution in [1.29, 1.82) is 0 Å². The van der Waals surface area contributed by atoms with Crippen LogP contribution in [0.4, 0.5) is 0 Å². The predicted molar refractivity (Wildman–Crippen MR) is 90.2 cm³/mol. The molecule has 2 rings (SSSR count). The Bertz CT molecular complexity index is 565. The molecule has 5 nitrogen and oxygen atoms in total. The van der Waals surface area contributed by atoms with Crippen LogP contribution in [0.1, 0.15) is 46.7 Å². The Hall–Kier alpha value is -1.66. The normalized spacial score (nSPS) is 19.3. The highest BCUT2D eigenvalue weighted by atomic mass is 16.7. The van der Waals surface area contributed by atoms with Gasteiger partial charge >= 0.3 is 13.1 Å². The zero-order valence-corrected chi connectivity index (χ0v) is 14.5. The summed E-state index contributed by atoms with van der Waals surface area (Å²) in [6.07, 6.45) is 5.53. The number of aromatic nitrogens is 1. The molecule has 1 aliphatic rings. The lowest BCUT2D eigenvalue weighted by Crippen LogP contribution is -2.41. The first-order valence-corrected chi connectivity index (χ1v) is 7.89. The van der Waals surface area contributed by atoms with E-state index in [2.05, 4.69) is 4.98 Å². The van der Waals surface area contributed by atoms with Crippen molar-refractivity contribution in [3.8, 4) is 0 Å². The first kappa shape index (κ1) is 17.7. The molecule has 0 spiro atoms. The number of pyridine rings is 1. The van der Waals surface area contributed by atoms with E-state index >= 15 is 0 Å². The second-order valence-corrected chi connectivity index (χ2v) is 6.52. The van der Waals surface area contributed by atoms with E-state index in [0.29, 0.717) is 6.61 Å². The van der Waals surface area contributed by atoms with Gasteiger partial charge in [-0.3, -0.25) is 9.78 Å². The minimum absolute atomic E-state index is 0.238. The van der Waals surface area contributed by atoms with Gasteiger partial charge in [-0.1, -0.05) is 12.1 Å². The molecule has 23 heavy (non-hydrogen) atoms. The topological polar surface area (TPSA) is 57.7 Å². The van der Waals surface area contributed by atoms with Gasteiger partial charge in [-0.25, -0.2) is 0 Å². The van der Waals surface area contributed by atoms with Crippen LogP contribution in [0.3, 0.4) is 0 Å². The first-order chi connectivity index (χ1) is 10.7. The van der Waals surface area contributed by atoms with Crippen LogP contribution < -0.4 is 5.46 Å². The van der Waals surface area contributed by atoms with Crippen molar-refractivity contribution in [2.45, 2.75) is 52.2 Å². The van der Waals surface area contributed by atoms with Crippen LogP contribution in [0.25, 0.3) is 6.08 Å². The Morgan fingerprint density at radius 1 is 1.26 bits per heavy atom. The van der Waals surface area contributed by atoms with Gasteiger partial charge in [0.1, 0.15) is 0 Å². The lowest BCUT2D eigenvalue weighted by Gasteiger charge is -2.32. The molecule has 1 aromatic heterocycles. The number of carbonyl (C=O) groups is 1. The van der Waals surface area contributed by atoms with Gasteiger partial charge in [-0.15, -0.1) is 0 Å². The van der Waals surface area contributed by atoms with E-state index in [1.54, 1.807) is 25.3 Å². The molecular weight excluding hydrogens is 293 g/mol. The fourth-order valence-corrected chi connectivity index (χ4v) is 2.13. The summed E-state index contributed by atoms with van der Waals surface area (Å²) in [5.41, 5.74) is 0.923. The highest BCUT2D eigenvalue weighted by molar-refractivity contribution is 6.62. The van der Waals surface area contributed by atoms with Crippen molar-refractivity contribution < 1.29 is 18.8 Å². The third-order valence-corrected chi connectivity index (χ3v) is 4.21. The van der Waals surface area contributed by atoms with E-state index in [4.69, 9.17) is 14.0 Å². The number of hydrogen-bond acceptors (Lipinski definition) is 5. The number of rotatable bonds is 5. The lowest BCUT2D eigenvalue weighted by molar-refractivity contribution is -0.142. The molecule has 1 fully saturated rings. The van der Waals surface area contributed by atoms with Gasteiger partial charge in [0.15, 0.2) is 0 Å². The highest BCUT2D eigenvalue weighted by Gasteiger charge is 2.51. The third-order valence-electron chi connectivity index (χ3n) is 4.21. The van der Waals surface area contributed by atoms with E-state index < -0.39 is 7.12 Å². The van der Waals surface area contributed by atoms with Crippen LogP contribution in [0.5, 0.6) is 0 Å². The zero-order valence-electron chi connectivity index (χ0n) is 14.5. The molecule has 1 aliphatic heterocycles. The summed E-state index contributed by atoms with van der Waals surface area (Å²) < 4.78 is 16.8. The molecule has 124 valence electrons. The van der Waals surface area contributed by atoms with Gasteiger partial charge in [0.25, 0.3) is 0 Å². The molecule has 0 bridgehead atoms. The monoisotopic (exact) mass is 317 g/mol. The van der Waals surface area contributed by atoms with E-state index in [-0.39, 0.29) is 23.6 Å². The second kappa shape index (κ2) is 6.85. The van der Waals surface area contributed by atoms with Crippen LogP contribution >= 0.6 is 0 Å². The number of ether oxygens (including phenoxy) is 1. The third kappa shape index (κ3) is 4.21. The fraction of sp³-hybridized carbons (Fsp3) is 0.529. The lowest BCUT2D eigenvalue weighted by atomic mass is 9.80. The SMILES string of the molecule is CCOC(=O)CC=Cc1ccc(B2OC(C)(C)C(C)(C)O2)cn1. The summed E-state index contributed by atoms with van der Waals surface area (Å²) in [5, 5.41) is 0. The fourth-order valence-electron chi connectivity index (χ4n) is 2.13. The van der Waals surface area contributed by atoms with Gasteiger partial charge < -0.3 is 14.0 Å². The maximum atomic E-state index is 11.3. The summed E-state index contributed by atoms with van der Waals surface area (Å²) in [6.45, 7) is 10.3. The standard InChI is InChI=1S/C17H24BNO4/c1-6-21-15(20)9-7-8-14-11-10-13(12-19-14)18-22-16(2,3)17(4,5)23-18/h7-8,10-12H,6,9H2,1-5H3. The van der Waals surface area contributed by atoms with Gasteiger partial charge in [-0.2, -0.15) is 0 Å². The van der Waals surface area contributed by atoms with E-state index in [1.807, 2.05) is 39.8 Å². The Morgan fingerprint density at radius 3 is 2.43 bits per heavy atom. The Balaban J connectivity index is 1.98. The smallest absolute Gasteiger partial charge is 0.466 e. The average Bonchev–Trinajstić information content (AvgIpc) is 2.68. The molecule has 0 aliphatic carbocycles. The molecule has 2 heterocycles. The number of nitrogens with zero attached hydrogens (tertiary/aromatic N) is 1. The summed E-state index contributed by atoms with van der Waals surface area (Å²) in [5.74, 6) is -0.238. The summed E-state index contributed by atoms with van der Waals surface area (Å²) in [7, 11) is -0.412. The van der Waals surface area contributed by atoms with Gasteiger partial charge in [-0.05, 0) is 46.8 Å². The van der Waals surface area contributed by atoms with Crippen molar-refractivity contribution >= 4 is 24.6 Å². The molecule has 1 aromatic rings. The second-order valence-electron chi connectivity index (χ2n) is 6.52. The Kier molecular flexibility index (Phi) is 5.27. The maximum absolute atomic E-state index is 11.3. The molecule has 0 unspecified atom stereocenters. The molecule has 0 N–H and O–H groups in total. The molecule has 0 aromatic carbocycles. The van der Waals surface area contributed by atoms with Crippen molar-refractivity contribution in [3.63, 3.8) is 0 Å². The van der Waals surface area contributed by atoms with E-state index in [9.17, 15) is 4.79 Å². The van der Waals surface area contributed by atoms with Crippen molar-refractivity contribution in [1.82, 2.24) is 4.98 Å². The Morgan fingerprint density at radius 2 is 1.91 bits per heavy atom. The minimum atomic E-state index is -0.412. The van der Waals surface area contributed by atoms with Gasteiger partial charge in [0, 0.05) is 11.7 Å². The number of hydrogen-bond donors (Lipinski definition) is 0. The molecule has 6 heteroatoms. The molecular formula is C17H24BNO4. The van der Waals surface area contributed by atoms with Crippen molar-refractivity contribution in [2.75, 3.05) is 6.61 Å². The van der Waals surface area contributed by atoms with Gasteiger partial charge in [0.05, 0.1) is 29.9 Å². The molecule has 1 saturated heterocycles. The largest absolute Gasteiger partial charge is 0.496 e. The summed E-state index contributed by atoms with van der Waals surface area (Å²) in [6, 6.07) is 3.81. The zero-order chi connectivity index (χ0) is 17.1. The molecule has 0 radical (unpaired) electrons. The summed E-state index contributed by atoms with van der Waals surface area (Å²) in [4.78, 5) is 15.6. The highest BCUT2D eigenvalue weighted by Crippen LogP contribution is 2.36. The molecule has 0 saturated carbocycles. The number of carbonyl (C=O) groups excluding carboxylic acids is 1. The van der Waals surface area contributed by atoms with E-state index in [0.717, 1.165) is 11.2 Å². The van der Waals surface area contributed by atoms with Crippen molar-refractivity contribution in [2.24, 2.45) is 0 Å². The summed E-state index contributed by atoms with van der Waals surface area (Å²) >= 11 is 0. The van der Waals surface area contributed by atoms with Crippen LogP contribution in [0.2, 0.25) is 0 Å². The maximum Gasteiger partial charge on any atom is 0.496 e. The Labute approximate surface area is 138 Å². The van der Waals surface area contributed by atoms with E-state index in [1.165, 1.54) is 0 Å².